The zero-order valence-electron chi connectivity index (χ0n) is 16.5. The predicted molar refractivity (Wildman–Crippen MR) is 108 cm³/mol. The monoisotopic (exact) mass is 380 g/mol. The molecule has 2 fully saturated rings. The molecule has 2 saturated heterocycles. The number of likely N-dealkylation sites (tertiary alicyclic amines) is 1. The first-order valence-corrected chi connectivity index (χ1v) is 10.3. The Hall–Kier alpha value is -2.63. The van der Waals surface area contributed by atoms with Crippen LogP contribution in [-0.2, 0) is 4.79 Å². The molecule has 1 amide bonds. The smallest absolute Gasteiger partial charge is 0.263 e. The van der Waals surface area contributed by atoms with Crippen molar-refractivity contribution in [3.05, 3.63) is 42.7 Å². The summed E-state index contributed by atoms with van der Waals surface area (Å²) in [5, 5.41) is 0. The fourth-order valence-electron chi connectivity index (χ4n) is 4.03. The van der Waals surface area contributed by atoms with Crippen molar-refractivity contribution in [2.45, 2.75) is 32.6 Å². The SMILES string of the molecule is CC1CCN(C(=O)C2CCN(c3nccnc3Oc3ccccc3)CC2)CC1. The third-order valence-corrected chi connectivity index (χ3v) is 5.84. The van der Waals surface area contributed by atoms with Crippen molar-refractivity contribution in [1.29, 1.82) is 0 Å². The van der Waals surface area contributed by atoms with Gasteiger partial charge in [0.2, 0.25) is 5.91 Å². The van der Waals surface area contributed by atoms with Crippen LogP contribution < -0.4 is 9.64 Å². The summed E-state index contributed by atoms with van der Waals surface area (Å²) in [4.78, 5) is 26.0. The molecule has 0 N–H and O–H groups in total. The molecule has 0 atom stereocenters. The number of nitrogens with zero attached hydrogens (tertiary/aromatic N) is 4. The summed E-state index contributed by atoms with van der Waals surface area (Å²) < 4.78 is 5.95. The topological polar surface area (TPSA) is 58.6 Å². The van der Waals surface area contributed by atoms with Crippen LogP contribution >= 0.6 is 0 Å². The van der Waals surface area contributed by atoms with Gasteiger partial charge in [-0.3, -0.25) is 4.79 Å². The van der Waals surface area contributed by atoms with Crippen molar-refractivity contribution in [3.8, 4) is 11.6 Å². The van der Waals surface area contributed by atoms with E-state index in [0.29, 0.717) is 11.8 Å². The molecule has 0 radical (unpaired) electrons. The van der Waals surface area contributed by atoms with E-state index in [9.17, 15) is 4.79 Å². The van der Waals surface area contributed by atoms with Gasteiger partial charge in [0.1, 0.15) is 5.75 Å². The molecule has 2 aromatic rings. The van der Waals surface area contributed by atoms with Gasteiger partial charge in [-0.1, -0.05) is 25.1 Å². The zero-order valence-corrected chi connectivity index (χ0v) is 16.5. The number of piperidine rings is 2. The average Bonchev–Trinajstić information content (AvgIpc) is 2.75. The van der Waals surface area contributed by atoms with Crippen LogP contribution in [0, 0.1) is 11.8 Å². The van der Waals surface area contributed by atoms with Crippen molar-refractivity contribution < 1.29 is 9.53 Å². The number of hydrogen-bond donors (Lipinski definition) is 0. The summed E-state index contributed by atoms with van der Waals surface area (Å²) in [6, 6.07) is 9.63. The number of para-hydroxylation sites is 1. The Kier molecular flexibility index (Phi) is 5.74. The number of rotatable bonds is 4. The number of ether oxygens (including phenoxy) is 1. The lowest BCUT2D eigenvalue weighted by atomic mass is 9.92. The maximum atomic E-state index is 12.9. The zero-order chi connectivity index (χ0) is 19.3. The van der Waals surface area contributed by atoms with E-state index in [4.69, 9.17) is 4.74 Å². The van der Waals surface area contributed by atoms with E-state index in [1.807, 2.05) is 30.3 Å². The third kappa shape index (κ3) is 4.26. The molecule has 1 aromatic heterocycles. The first-order chi connectivity index (χ1) is 13.7. The molecule has 0 aliphatic carbocycles. The minimum atomic E-state index is 0.125. The minimum Gasteiger partial charge on any atom is -0.436 e. The number of carbonyl (C=O) groups excluding carboxylic acids is 1. The van der Waals surface area contributed by atoms with Crippen molar-refractivity contribution >= 4 is 11.7 Å². The molecule has 4 rings (SSSR count). The van der Waals surface area contributed by atoms with E-state index < -0.39 is 0 Å². The second-order valence-corrected chi connectivity index (χ2v) is 7.87. The molecular formula is C22H28N4O2. The Morgan fingerprint density at radius 3 is 2.36 bits per heavy atom. The van der Waals surface area contributed by atoms with E-state index in [-0.39, 0.29) is 5.92 Å². The molecular weight excluding hydrogens is 352 g/mol. The molecule has 0 bridgehead atoms. The van der Waals surface area contributed by atoms with Crippen LogP contribution in [0.4, 0.5) is 5.82 Å². The summed E-state index contributed by atoms with van der Waals surface area (Å²) in [5.41, 5.74) is 0. The van der Waals surface area contributed by atoms with Gasteiger partial charge in [-0.15, -0.1) is 0 Å². The van der Waals surface area contributed by atoms with Crippen LogP contribution in [0.3, 0.4) is 0 Å². The Labute approximate surface area is 166 Å². The fraction of sp³-hybridized carbons (Fsp3) is 0.500. The van der Waals surface area contributed by atoms with Crippen LogP contribution in [0.2, 0.25) is 0 Å². The van der Waals surface area contributed by atoms with Crippen LogP contribution in [0.15, 0.2) is 42.7 Å². The van der Waals surface area contributed by atoms with E-state index in [0.717, 1.165) is 69.3 Å². The maximum absolute atomic E-state index is 12.9. The minimum absolute atomic E-state index is 0.125. The lowest BCUT2D eigenvalue weighted by Crippen LogP contribution is -2.45. The predicted octanol–water partition coefficient (Wildman–Crippen LogP) is 3.74. The Bertz CT molecular complexity index is 782. The van der Waals surface area contributed by atoms with Crippen molar-refractivity contribution in [2.24, 2.45) is 11.8 Å². The molecule has 2 aliphatic heterocycles. The summed E-state index contributed by atoms with van der Waals surface area (Å²) in [5.74, 6) is 3.22. The van der Waals surface area contributed by atoms with Gasteiger partial charge in [-0.05, 0) is 43.7 Å². The standard InChI is InChI=1S/C22H28N4O2/c1-17-7-13-26(14-8-17)22(27)18-9-15-25(16-10-18)20-21(24-12-11-23-20)28-19-5-3-2-4-6-19/h2-6,11-12,17-18H,7-10,13-16H2,1H3. The number of aromatic nitrogens is 2. The number of amides is 1. The number of anilines is 1. The second kappa shape index (κ2) is 8.59. The number of carbonyl (C=O) groups is 1. The van der Waals surface area contributed by atoms with Gasteiger partial charge in [-0.25, -0.2) is 9.97 Å². The van der Waals surface area contributed by atoms with E-state index in [2.05, 4.69) is 26.7 Å². The highest BCUT2D eigenvalue weighted by Gasteiger charge is 2.31. The highest BCUT2D eigenvalue weighted by atomic mass is 16.5. The molecule has 3 heterocycles. The van der Waals surface area contributed by atoms with Gasteiger partial charge >= 0.3 is 0 Å². The largest absolute Gasteiger partial charge is 0.436 e. The van der Waals surface area contributed by atoms with Crippen LogP contribution in [0.5, 0.6) is 11.6 Å². The highest BCUT2D eigenvalue weighted by Crippen LogP contribution is 2.31. The third-order valence-electron chi connectivity index (χ3n) is 5.84. The summed E-state index contributed by atoms with van der Waals surface area (Å²) in [6.07, 6.45) is 7.31. The molecule has 0 saturated carbocycles. The van der Waals surface area contributed by atoms with E-state index >= 15 is 0 Å². The Balaban J connectivity index is 1.38. The molecule has 1 aromatic carbocycles. The lowest BCUT2D eigenvalue weighted by molar-refractivity contribution is -0.137. The van der Waals surface area contributed by atoms with Crippen molar-refractivity contribution in [3.63, 3.8) is 0 Å². The van der Waals surface area contributed by atoms with Gasteiger partial charge in [-0.2, -0.15) is 0 Å². The van der Waals surface area contributed by atoms with Crippen LogP contribution in [-0.4, -0.2) is 47.0 Å². The van der Waals surface area contributed by atoms with Gasteiger partial charge in [0.15, 0.2) is 5.82 Å². The van der Waals surface area contributed by atoms with Gasteiger partial charge in [0, 0.05) is 44.5 Å². The Morgan fingerprint density at radius 2 is 1.64 bits per heavy atom. The second-order valence-electron chi connectivity index (χ2n) is 7.87. The average molecular weight is 380 g/mol. The molecule has 6 nitrogen and oxygen atoms in total. The maximum Gasteiger partial charge on any atom is 0.263 e. The van der Waals surface area contributed by atoms with Crippen LogP contribution in [0.25, 0.3) is 0 Å². The van der Waals surface area contributed by atoms with Crippen molar-refractivity contribution in [1.82, 2.24) is 14.9 Å². The highest BCUT2D eigenvalue weighted by molar-refractivity contribution is 5.79. The van der Waals surface area contributed by atoms with E-state index in [1.54, 1.807) is 12.4 Å². The Morgan fingerprint density at radius 1 is 0.964 bits per heavy atom. The number of benzene rings is 1. The van der Waals surface area contributed by atoms with Gasteiger partial charge in [0.25, 0.3) is 5.88 Å². The molecule has 148 valence electrons. The summed E-state index contributed by atoms with van der Waals surface area (Å²) >= 11 is 0. The van der Waals surface area contributed by atoms with Crippen LogP contribution in [0.1, 0.15) is 32.6 Å². The molecule has 6 heteroatoms. The fourth-order valence-corrected chi connectivity index (χ4v) is 4.03. The summed E-state index contributed by atoms with van der Waals surface area (Å²) in [6.45, 7) is 5.70. The quantitative estimate of drug-likeness (QED) is 0.809. The lowest BCUT2D eigenvalue weighted by Gasteiger charge is -2.37. The number of hydrogen-bond acceptors (Lipinski definition) is 5. The normalized spacial score (nSPS) is 18.9. The van der Waals surface area contributed by atoms with Gasteiger partial charge < -0.3 is 14.5 Å². The molecule has 0 spiro atoms. The van der Waals surface area contributed by atoms with Crippen molar-refractivity contribution in [2.75, 3.05) is 31.1 Å². The molecule has 28 heavy (non-hydrogen) atoms. The first kappa shape index (κ1) is 18.7. The first-order valence-electron chi connectivity index (χ1n) is 10.3. The van der Waals surface area contributed by atoms with E-state index in [1.165, 1.54) is 0 Å². The van der Waals surface area contributed by atoms with Gasteiger partial charge in [0.05, 0.1) is 0 Å². The summed E-state index contributed by atoms with van der Waals surface area (Å²) in [7, 11) is 0. The molecule has 2 aliphatic rings. The molecule has 0 unspecified atom stereocenters.